The van der Waals surface area contributed by atoms with Crippen molar-refractivity contribution in [3.8, 4) is 28.7 Å². The highest BCUT2D eigenvalue weighted by Crippen LogP contribution is 2.52. The summed E-state index contributed by atoms with van der Waals surface area (Å²) < 4.78 is 33.2. The van der Waals surface area contributed by atoms with Crippen molar-refractivity contribution in [1.29, 1.82) is 0 Å². The molecule has 2 fully saturated rings. The number of amides is 2. The number of nitrogens with zero attached hydrogens (tertiary/aromatic N) is 1. The van der Waals surface area contributed by atoms with Crippen LogP contribution in [0.25, 0.3) is 0 Å². The van der Waals surface area contributed by atoms with Crippen molar-refractivity contribution in [2.75, 3.05) is 40.0 Å². The molecule has 188 valence electrons. The van der Waals surface area contributed by atoms with Crippen molar-refractivity contribution in [2.45, 2.75) is 18.2 Å². The second kappa shape index (κ2) is 8.34. The minimum absolute atomic E-state index is 0.107. The zero-order valence-electron chi connectivity index (χ0n) is 20.1. The van der Waals surface area contributed by atoms with Crippen LogP contribution in [-0.4, -0.2) is 63.1 Å². The third-order valence-electron chi connectivity index (χ3n) is 7.22. The zero-order chi connectivity index (χ0) is 25.0. The molecule has 2 bridgehead atoms. The van der Waals surface area contributed by atoms with E-state index in [9.17, 15) is 9.59 Å². The first kappa shape index (κ1) is 22.5. The Labute approximate surface area is 207 Å². The molecule has 0 aromatic heterocycles. The van der Waals surface area contributed by atoms with Crippen LogP contribution in [0.15, 0.2) is 42.5 Å². The van der Waals surface area contributed by atoms with E-state index in [0.717, 1.165) is 5.56 Å². The molecule has 1 spiro atoms. The van der Waals surface area contributed by atoms with E-state index in [1.807, 2.05) is 30.4 Å². The van der Waals surface area contributed by atoms with Gasteiger partial charge in [-0.25, -0.2) is 0 Å². The van der Waals surface area contributed by atoms with E-state index < -0.39 is 23.5 Å². The van der Waals surface area contributed by atoms with Crippen molar-refractivity contribution in [3.63, 3.8) is 0 Å². The monoisotopic (exact) mass is 494 g/mol. The number of ether oxygens (including phenoxy) is 6. The van der Waals surface area contributed by atoms with Crippen LogP contribution < -0.4 is 29.0 Å². The molecule has 2 aromatic rings. The van der Waals surface area contributed by atoms with Crippen molar-refractivity contribution < 1.29 is 38.0 Å². The summed E-state index contributed by atoms with van der Waals surface area (Å²) in [5.41, 5.74) is 0.578. The number of benzene rings is 2. The first-order valence-electron chi connectivity index (χ1n) is 11.6. The van der Waals surface area contributed by atoms with Crippen LogP contribution in [-0.2, 0) is 20.9 Å². The third kappa shape index (κ3) is 3.35. The molecule has 1 N–H and O–H groups in total. The molecule has 0 aliphatic carbocycles. The van der Waals surface area contributed by atoms with Crippen LogP contribution in [0.5, 0.6) is 28.7 Å². The summed E-state index contributed by atoms with van der Waals surface area (Å²) in [6.45, 7) is 0.956. The highest BCUT2D eigenvalue weighted by molar-refractivity contribution is 5.99. The fraction of sp³-hybridized carbons (Fsp3) is 0.385. The Balaban J connectivity index is 1.23. The van der Waals surface area contributed by atoms with Gasteiger partial charge in [-0.05, 0) is 17.7 Å². The Bertz CT molecular complexity index is 1250. The highest BCUT2D eigenvalue weighted by Gasteiger charge is 2.66. The van der Waals surface area contributed by atoms with Crippen molar-refractivity contribution in [3.05, 3.63) is 48.0 Å². The minimum Gasteiger partial charge on any atom is -0.493 e. The van der Waals surface area contributed by atoms with E-state index in [4.69, 9.17) is 28.4 Å². The lowest BCUT2D eigenvalue weighted by atomic mass is 9.77. The first-order chi connectivity index (χ1) is 17.5. The number of anilines is 1. The third-order valence-corrected chi connectivity index (χ3v) is 7.22. The zero-order valence-corrected chi connectivity index (χ0v) is 20.1. The number of hydrogen-bond acceptors (Lipinski definition) is 8. The lowest BCUT2D eigenvalue weighted by Gasteiger charge is -2.24. The number of carbonyl (C=O) groups excluding carboxylic acids is 2. The van der Waals surface area contributed by atoms with E-state index in [1.54, 1.807) is 17.0 Å². The van der Waals surface area contributed by atoms with Gasteiger partial charge < -0.3 is 38.6 Å². The van der Waals surface area contributed by atoms with Gasteiger partial charge in [0.25, 0.3) is 0 Å². The number of likely N-dealkylation sites (tertiary alicyclic amines) is 1. The second-order valence-electron chi connectivity index (χ2n) is 9.19. The molecule has 6 rings (SSSR count). The molecular formula is C26H26N2O8. The number of nitrogens with one attached hydrogen (secondary N) is 1. The molecule has 4 heterocycles. The van der Waals surface area contributed by atoms with Gasteiger partial charge in [0.2, 0.25) is 24.4 Å². The van der Waals surface area contributed by atoms with Gasteiger partial charge in [-0.3, -0.25) is 9.59 Å². The van der Waals surface area contributed by atoms with E-state index >= 15 is 0 Å². The summed E-state index contributed by atoms with van der Waals surface area (Å²) >= 11 is 0. The average Bonchev–Trinajstić information content (AvgIpc) is 3.64. The van der Waals surface area contributed by atoms with Crippen LogP contribution in [0.2, 0.25) is 0 Å². The SMILES string of the molecule is COc1cc(NC(=O)[C@H]2[C@@H]3C=C[C@]4(CN(Cc5ccc6c(c5)OCO6)C(=O)[C@H]24)O3)cc(OC)c1OC. The lowest BCUT2D eigenvalue weighted by Crippen LogP contribution is -2.41. The van der Waals surface area contributed by atoms with Gasteiger partial charge in [0.15, 0.2) is 23.0 Å². The standard InChI is InChI=1S/C26H26N2O8/c1-31-19-9-15(10-20(32-2)23(19)33-3)27-24(29)21-17-6-7-26(36-17)12-28(25(30)22(21)26)11-14-4-5-16-18(8-14)35-13-34-16/h4-10,17,21-22H,11-13H2,1-3H3,(H,27,29)/t17-,21-,22-,26+/m0/s1. The van der Waals surface area contributed by atoms with E-state index in [0.29, 0.717) is 47.5 Å². The van der Waals surface area contributed by atoms with Crippen molar-refractivity contribution in [1.82, 2.24) is 4.90 Å². The van der Waals surface area contributed by atoms with Gasteiger partial charge in [0.1, 0.15) is 5.60 Å². The number of hydrogen-bond donors (Lipinski definition) is 1. The Morgan fingerprint density at radius 1 is 1.08 bits per heavy atom. The van der Waals surface area contributed by atoms with Gasteiger partial charge >= 0.3 is 0 Å². The van der Waals surface area contributed by atoms with Crippen LogP contribution in [0.4, 0.5) is 5.69 Å². The second-order valence-corrected chi connectivity index (χ2v) is 9.19. The fourth-order valence-electron chi connectivity index (χ4n) is 5.65. The summed E-state index contributed by atoms with van der Waals surface area (Å²) in [5.74, 6) is 0.931. The summed E-state index contributed by atoms with van der Waals surface area (Å²) in [7, 11) is 4.53. The fourth-order valence-corrected chi connectivity index (χ4v) is 5.65. The van der Waals surface area contributed by atoms with Gasteiger partial charge in [-0.1, -0.05) is 18.2 Å². The molecule has 10 nitrogen and oxygen atoms in total. The summed E-state index contributed by atoms with van der Waals surface area (Å²) in [4.78, 5) is 28.8. The Kier molecular flexibility index (Phi) is 5.22. The van der Waals surface area contributed by atoms with Crippen LogP contribution in [0.1, 0.15) is 5.56 Å². The first-order valence-corrected chi connectivity index (χ1v) is 11.6. The normalized spacial score (nSPS) is 26.8. The summed E-state index contributed by atoms with van der Waals surface area (Å²) in [6, 6.07) is 8.94. The van der Waals surface area contributed by atoms with Crippen LogP contribution >= 0.6 is 0 Å². The lowest BCUT2D eigenvalue weighted by molar-refractivity contribution is -0.136. The van der Waals surface area contributed by atoms with Gasteiger partial charge in [-0.15, -0.1) is 0 Å². The van der Waals surface area contributed by atoms with Gasteiger partial charge in [0.05, 0.1) is 45.8 Å². The molecule has 4 aliphatic rings. The smallest absolute Gasteiger partial charge is 0.231 e. The molecule has 2 amide bonds. The Morgan fingerprint density at radius 2 is 1.83 bits per heavy atom. The number of fused-ring (bicyclic) bond motifs is 2. The molecule has 2 aromatic carbocycles. The van der Waals surface area contributed by atoms with Gasteiger partial charge in [0, 0.05) is 24.4 Å². The van der Waals surface area contributed by atoms with Gasteiger partial charge in [-0.2, -0.15) is 0 Å². The van der Waals surface area contributed by atoms with Crippen molar-refractivity contribution in [2.24, 2.45) is 11.8 Å². The quantitative estimate of drug-likeness (QED) is 0.585. The number of methoxy groups -OCH3 is 3. The number of rotatable bonds is 7. The summed E-state index contributed by atoms with van der Waals surface area (Å²) in [6.07, 6.45) is 3.35. The molecule has 4 aliphatic heterocycles. The van der Waals surface area contributed by atoms with E-state index in [1.165, 1.54) is 21.3 Å². The van der Waals surface area contributed by atoms with E-state index in [2.05, 4.69) is 5.32 Å². The van der Waals surface area contributed by atoms with Crippen molar-refractivity contribution >= 4 is 17.5 Å². The largest absolute Gasteiger partial charge is 0.493 e. The molecule has 10 heteroatoms. The highest BCUT2D eigenvalue weighted by atomic mass is 16.7. The predicted molar refractivity (Wildman–Crippen MR) is 126 cm³/mol. The Morgan fingerprint density at radius 3 is 2.56 bits per heavy atom. The van der Waals surface area contributed by atoms with Crippen LogP contribution in [0.3, 0.4) is 0 Å². The maximum absolute atomic E-state index is 13.6. The minimum atomic E-state index is -0.810. The van der Waals surface area contributed by atoms with Crippen LogP contribution in [0, 0.1) is 11.8 Å². The Hall–Kier alpha value is -3.92. The maximum atomic E-state index is 13.6. The van der Waals surface area contributed by atoms with E-state index in [-0.39, 0.29) is 18.6 Å². The molecule has 0 radical (unpaired) electrons. The molecule has 2 saturated heterocycles. The molecule has 0 unspecified atom stereocenters. The molecule has 0 saturated carbocycles. The molecule has 4 atom stereocenters. The maximum Gasteiger partial charge on any atom is 0.231 e. The average molecular weight is 495 g/mol. The topological polar surface area (TPSA) is 105 Å². The summed E-state index contributed by atoms with van der Waals surface area (Å²) in [5, 5.41) is 2.92. The number of carbonyl (C=O) groups is 2. The predicted octanol–water partition coefficient (Wildman–Crippen LogP) is 2.36. The molecular weight excluding hydrogens is 468 g/mol. The molecule has 36 heavy (non-hydrogen) atoms.